The lowest BCUT2D eigenvalue weighted by molar-refractivity contribution is 0.0858. The van der Waals surface area contributed by atoms with Crippen LogP contribution in [0.4, 0.5) is 0 Å². The molecule has 2 rings (SSSR count). The van der Waals surface area contributed by atoms with Gasteiger partial charge in [-0.15, -0.1) is 0 Å². The average Bonchev–Trinajstić information content (AvgIpc) is 2.56. The Bertz CT molecular complexity index is 546. The van der Waals surface area contributed by atoms with Gasteiger partial charge < -0.3 is 13.3 Å². The van der Waals surface area contributed by atoms with Crippen molar-refractivity contribution in [3.8, 4) is 11.4 Å². The molecule has 0 aromatic carbocycles. The molecule has 0 amide bonds. The SMILES string of the molecule is CCO[Si](OCC)(OCC)c1ccc(-c2ccccn2)nc1. The molecule has 118 valence electrons. The lowest BCUT2D eigenvalue weighted by Gasteiger charge is -2.28. The van der Waals surface area contributed by atoms with Gasteiger partial charge in [-0.1, -0.05) is 12.1 Å². The zero-order chi connectivity index (χ0) is 15.8. The van der Waals surface area contributed by atoms with Gasteiger partial charge >= 0.3 is 8.80 Å². The van der Waals surface area contributed by atoms with Gasteiger partial charge in [-0.25, -0.2) is 0 Å². The maximum Gasteiger partial charge on any atom is 0.538 e. The van der Waals surface area contributed by atoms with Crippen LogP contribution in [0.15, 0.2) is 42.7 Å². The van der Waals surface area contributed by atoms with Crippen LogP contribution in [0.2, 0.25) is 0 Å². The van der Waals surface area contributed by atoms with E-state index in [4.69, 9.17) is 13.3 Å². The van der Waals surface area contributed by atoms with Crippen molar-refractivity contribution < 1.29 is 13.3 Å². The first-order chi connectivity index (χ1) is 10.8. The fourth-order valence-corrected chi connectivity index (χ4v) is 4.59. The molecule has 0 N–H and O–H groups in total. The van der Waals surface area contributed by atoms with Crippen molar-refractivity contribution in [3.05, 3.63) is 42.7 Å². The Morgan fingerprint density at radius 3 is 1.91 bits per heavy atom. The molecular formula is C16H22N2O3Si. The van der Waals surface area contributed by atoms with Gasteiger partial charge in [0.15, 0.2) is 0 Å². The summed E-state index contributed by atoms with van der Waals surface area (Å²) >= 11 is 0. The lowest BCUT2D eigenvalue weighted by atomic mass is 10.2. The Kier molecular flexibility index (Phi) is 6.20. The molecular weight excluding hydrogens is 296 g/mol. The van der Waals surface area contributed by atoms with E-state index in [1.54, 1.807) is 12.4 Å². The first-order valence-electron chi connectivity index (χ1n) is 7.55. The molecule has 5 nitrogen and oxygen atoms in total. The lowest BCUT2D eigenvalue weighted by Crippen LogP contribution is -2.57. The highest BCUT2D eigenvalue weighted by atomic mass is 28.4. The zero-order valence-corrected chi connectivity index (χ0v) is 14.3. The van der Waals surface area contributed by atoms with Crippen molar-refractivity contribution in [2.45, 2.75) is 20.8 Å². The minimum Gasteiger partial charge on any atom is -0.370 e. The summed E-state index contributed by atoms with van der Waals surface area (Å²) < 4.78 is 17.6. The summed E-state index contributed by atoms with van der Waals surface area (Å²) in [5.41, 5.74) is 1.65. The summed E-state index contributed by atoms with van der Waals surface area (Å²) in [4.78, 5) is 8.80. The number of aromatic nitrogens is 2. The molecule has 0 aliphatic rings. The molecule has 0 spiro atoms. The van der Waals surface area contributed by atoms with Crippen LogP contribution >= 0.6 is 0 Å². The van der Waals surface area contributed by atoms with E-state index in [1.807, 2.05) is 51.1 Å². The highest BCUT2D eigenvalue weighted by molar-refractivity contribution is 6.75. The van der Waals surface area contributed by atoms with Gasteiger partial charge in [-0.2, -0.15) is 0 Å². The van der Waals surface area contributed by atoms with Crippen molar-refractivity contribution in [1.82, 2.24) is 9.97 Å². The van der Waals surface area contributed by atoms with Gasteiger partial charge in [0.05, 0.1) is 11.4 Å². The molecule has 0 bridgehead atoms. The molecule has 0 saturated carbocycles. The first kappa shape index (κ1) is 16.8. The monoisotopic (exact) mass is 318 g/mol. The average molecular weight is 318 g/mol. The van der Waals surface area contributed by atoms with Crippen LogP contribution in [0.3, 0.4) is 0 Å². The Morgan fingerprint density at radius 2 is 1.45 bits per heavy atom. The molecule has 0 aliphatic heterocycles. The van der Waals surface area contributed by atoms with Gasteiger partial charge in [0.1, 0.15) is 0 Å². The smallest absolute Gasteiger partial charge is 0.370 e. The predicted octanol–water partition coefficient (Wildman–Crippen LogP) is 2.40. The van der Waals surface area contributed by atoms with Crippen LogP contribution in [-0.2, 0) is 13.3 Å². The Labute approximate surface area is 132 Å². The van der Waals surface area contributed by atoms with E-state index in [-0.39, 0.29) is 0 Å². The second kappa shape index (κ2) is 8.14. The van der Waals surface area contributed by atoms with Crippen molar-refractivity contribution in [1.29, 1.82) is 0 Å². The van der Waals surface area contributed by atoms with Crippen molar-refractivity contribution in [3.63, 3.8) is 0 Å². The van der Waals surface area contributed by atoms with Crippen LogP contribution in [0, 0.1) is 0 Å². The highest BCUT2D eigenvalue weighted by Gasteiger charge is 2.43. The maximum atomic E-state index is 5.88. The van der Waals surface area contributed by atoms with Crippen LogP contribution in [0.25, 0.3) is 11.4 Å². The van der Waals surface area contributed by atoms with Crippen molar-refractivity contribution in [2.75, 3.05) is 19.8 Å². The molecule has 2 aromatic rings. The van der Waals surface area contributed by atoms with E-state index in [1.165, 1.54) is 0 Å². The number of nitrogens with zero attached hydrogens (tertiary/aromatic N) is 2. The van der Waals surface area contributed by atoms with Gasteiger partial charge in [0.25, 0.3) is 0 Å². The molecule has 0 fully saturated rings. The number of rotatable bonds is 8. The van der Waals surface area contributed by atoms with E-state index in [0.29, 0.717) is 19.8 Å². The minimum atomic E-state index is -2.88. The van der Waals surface area contributed by atoms with Crippen LogP contribution in [0.5, 0.6) is 0 Å². The topological polar surface area (TPSA) is 53.5 Å². The minimum absolute atomic E-state index is 0.536. The molecule has 6 heteroatoms. The second-order valence-corrected chi connectivity index (χ2v) is 7.06. The third kappa shape index (κ3) is 3.78. The molecule has 0 atom stereocenters. The fraction of sp³-hybridized carbons (Fsp3) is 0.375. The fourth-order valence-electron chi connectivity index (χ4n) is 2.19. The molecule has 2 aromatic heterocycles. The summed E-state index contributed by atoms with van der Waals surface area (Å²) in [5.74, 6) is 0. The van der Waals surface area contributed by atoms with Crippen molar-refractivity contribution >= 4 is 14.0 Å². The van der Waals surface area contributed by atoms with E-state index < -0.39 is 8.80 Å². The quantitative estimate of drug-likeness (QED) is 0.700. The summed E-state index contributed by atoms with van der Waals surface area (Å²) in [6.45, 7) is 7.43. The van der Waals surface area contributed by atoms with Gasteiger partial charge in [-0.3, -0.25) is 9.97 Å². The Balaban J connectivity index is 2.32. The number of hydrogen-bond acceptors (Lipinski definition) is 5. The third-order valence-electron chi connectivity index (χ3n) is 3.05. The molecule has 0 radical (unpaired) electrons. The molecule has 0 aliphatic carbocycles. The summed E-state index contributed by atoms with van der Waals surface area (Å²) in [7, 11) is -2.88. The zero-order valence-electron chi connectivity index (χ0n) is 13.3. The predicted molar refractivity (Wildman–Crippen MR) is 87.7 cm³/mol. The maximum absolute atomic E-state index is 5.88. The largest absolute Gasteiger partial charge is 0.538 e. The summed E-state index contributed by atoms with van der Waals surface area (Å²) in [6, 6.07) is 9.65. The van der Waals surface area contributed by atoms with Crippen LogP contribution < -0.4 is 5.19 Å². The number of pyridine rings is 2. The Morgan fingerprint density at radius 1 is 0.818 bits per heavy atom. The normalized spacial score (nSPS) is 11.6. The van der Waals surface area contributed by atoms with Crippen LogP contribution in [0.1, 0.15) is 20.8 Å². The van der Waals surface area contributed by atoms with E-state index in [0.717, 1.165) is 16.6 Å². The summed E-state index contributed by atoms with van der Waals surface area (Å²) in [6.07, 6.45) is 3.53. The molecule has 2 heterocycles. The molecule has 22 heavy (non-hydrogen) atoms. The third-order valence-corrected chi connectivity index (χ3v) is 6.06. The summed E-state index contributed by atoms with van der Waals surface area (Å²) in [5, 5.41) is 0.873. The van der Waals surface area contributed by atoms with Gasteiger partial charge in [-0.05, 0) is 39.0 Å². The Hall–Kier alpha value is -1.60. The van der Waals surface area contributed by atoms with E-state index in [9.17, 15) is 0 Å². The second-order valence-electron chi connectivity index (χ2n) is 4.50. The number of hydrogen-bond donors (Lipinski definition) is 0. The van der Waals surface area contributed by atoms with Gasteiger partial charge in [0.2, 0.25) is 0 Å². The van der Waals surface area contributed by atoms with Gasteiger partial charge in [0, 0.05) is 37.4 Å². The first-order valence-corrected chi connectivity index (χ1v) is 9.28. The van der Waals surface area contributed by atoms with E-state index >= 15 is 0 Å². The standard InChI is InChI=1S/C16H22N2O3Si/c1-4-19-22(20-5-2,21-6-3)14-10-11-16(18-13-14)15-9-7-8-12-17-15/h7-13H,4-6H2,1-3H3. The van der Waals surface area contributed by atoms with Crippen molar-refractivity contribution in [2.24, 2.45) is 0 Å². The highest BCUT2D eigenvalue weighted by Crippen LogP contribution is 2.15. The molecule has 0 unspecified atom stereocenters. The van der Waals surface area contributed by atoms with E-state index in [2.05, 4.69) is 9.97 Å². The molecule has 0 saturated heterocycles. The van der Waals surface area contributed by atoms with Crippen LogP contribution in [-0.4, -0.2) is 38.6 Å².